The Morgan fingerprint density at radius 3 is 2.61 bits per heavy atom. The van der Waals surface area contributed by atoms with E-state index in [1.165, 1.54) is 6.08 Å². The van der Waals surface area contributed by atoms with Crippen LogP contribution in [0.4, 0.5) is 11.5 Å². The van der Waals surface area contributed by atoms with Gasteiger partial charge in [-0.05, 0) is 69.5 Å². The second kappa shape index (κ2) is 13.4. The number of pyridine rings is 1. The minimum absolute atomic E-state index is 0.0768. The molecular weight excluding hydrogens is 558 g/mol. The fourth-order valence-corrected chi connectivity index (χ4v) is 6.17. The molecule has 44 heavy (non-hydrogen) atoms. The second-order valence-corrected chi connectivity index (χ2v) is 11.4. The third-order valence-corrected chi connectivity index (χ3v) is 8.57. The molecule has 0 radical (unpaired) electrons. The molecule has 11 heteroatoms. The van der Waals surface area contributed by atoms with Gasteiger partial charge in [0.05, 0.1) is 18.9 Å². The molecule has 1 atom stereocenters. The summed E-state index contributed by atoms with van der Waals surface area (Å²) in [7, 11) is 0. The van der Waals surface area contributed by atoms with Crippen LogP contribution in [0.2, 0.25) is 0 Å². The Bertz CT molecular complexity index is 1610. The first kappa shape index (κ1) is 30.9. The number of benzene rings is 1. The van der Waals surface area contributed by atoms with Gasteiger partial charge >= 0.3 is 0 Å². The molecule has 4 heterocycles. The van der Waals surface area contributed by atoms with E-state index in [1.807, 2.05) is 43.9 Å². The van der Waals surface area contributed by atoms with Crippen molar-refractivity contribution in [3.8, 4) is 11.3 Å². The van der Waals surface area contributed by atoms with Crippen LogP contribution in [-0.2, 0) is 16.1 Å². The van der Waals surface area contributed by atoms with Crippen molar-refractivity contribution < 1.29 is 14.3 Å². The molecule has 1 unspecified atom stereocenters. The summed E-state index contributed by atoms with van der Waals surface area (Å²) >= 11 is 0. The molecule has 232 valence electrons. The maximum absolute atomic E-state index is 13.8. The minimum atomic E-state index is -0.279. The number of hydrogen-bond donors (Lipinski definition) is 2. The van der Waals surface area contributed by atoms with Crippen LogP contribution in [0.3, 0.4) is 0 Å². The number of aryl methyl sites for hydroxylation is 2. The molecule has 2 N–H and O–H groups in total. The minimum Gasteiger partial charge on any atom is -0.378 e. The standard InChI is InChI=1S/C33H41N7O4/c1-6-31(41)39-9-8-25(19-39)40(7-2)29-16-24(28-17-30(36-20-35-28)38-10-12-44-13-11-38)15-26(23(29)5)32(42)34-18-27-21(3)14-22(4)37-33(27)43/h6,14-17,20,25H,1,7-13,18-19H2,2-5H3,(H,34,42)(H,37,43). The number of anilines is 2. The molecule has 1 aromatic carbocycles. The lowest BCUT2D eigenvalue weighted by molar-refractivity contribution is -0.125. The highest BCUT2D eigenvalue weighted by Crippen LogP contribution is 2.34. The van der Waals surface area contributed by atoms with E-state index in [0.717, 1.165) is 53.4 Å². The number of hydrogen-bond acceptors (Lipinski definition) is 8. The number of likely N-dealkylation sites (tertiary alicyclic amines) is 1. The summed E-state index contributed by atoms with van der Waals surface area (Å²) in [5, 5.41) is 2.99. The van der Waals surface area contributed by atoms with Crippen LogP contribution in [0.15, 0.2) is 48.0 Å². The Balaban J connectivity index is 1.53. The van der Waals surface area contributed by atoms with Gasteiger partial charge in [-0.3, -0.25) is 14.4 Å². The molecule has 0 bridgehead atoms. The quantitative estimate of drug-likeness (QED) is 0.360. The average Bonchev–Trinajstić information content (AvgIpc) is 3.51. The van der Waals surface area contributed by atoms with E-state index in [-0.39, 0.29) is 30.0 Å². The molecule has 2 amide bonds. The molecule has 11 nitrogen and oxygen atoms in total. The summed E-state index contributed by atoms with van der Waals surface area (Å²) in [4.78, 5) is 57.0. The van der Waals surface area contributed by atoms with Crippen LogP contribution in [0.5, 0.6) is 0 Å². The topological polar surface area (TPSA) is 124 Å². The molecule has 2 saturated heterocycles. The summed E-state index contributed by atoms with van der Waals surface area (Å²) in [6.45, 7) is 16.2. The molecule has 2 aliphatic rings. The first-order valence-electron chi connectivity index (χ1n) is 15.2. The monoisotopic (exact) mass is 599 g/mol. The van der Waals surface area contributed by atoms with Gasteiger partial charge in [0.25, 0.3) is 11.5 Å². The number of nitrogens with one attached hydrogen (secondary N) is 2. The van der Waals surface area contributed by atoms with E-state index in [9.17, 15) is 14.4 Å². The number of amides is 2. The van der Waals surface area contributed by atoms with Gasteiger partial charge in [0.1, 0.15) is 12.1 Å². The van der Waals surface area contributed by atoms with Gasteiger partial charge in [0.15, 0.2) is 0 Å². The molecule has 0 saturated carbocycles. The van der Waals surface area contributed by atoms with E-state index in [0.29, 0.717) is 49.7 Å². The number of likely N-dealkylation sites (N-methyl/N-ethyl adjacent to an activating group) is 1. The summed E-state index contributed by atoms with van der Waals surface area (Å²) in [5.41, 5.74) is 5.63. The predicted octanol–water partition coefficient (Wildman–Crippen LogP) is 3.14. The van der Waals surface area contributed by atoms with Gasteiger partial charge in [0, 0.05) is 79.4 Å². The fourth-order valence-electron chi connectivity index (χ4n) is 6.17. The summed E-state index contributed by atoms with van der Waals surface area (Å²) < 4.78 is 5.51. The number of nitrogens with zero attached hydrogens (tertiary/aromatic N) is 5. The SMILES string of the molecule is C=CC(=O)N1CCC(N(CC)c2cc(-c3cc(N4CCOCC4)ncn3)cc(C(=O)NCc3c(C)cc(C)[nH]c3=O)c2C)C1. The van der Waals surface area contributed by atoms with Crippen LogP contribution in [0, 0.1) is 20.8 Å². The Morgan fingerprint density at radius 1 is 1.14 bits per heavy atom. The first-order chi connectivity index (χ1) is 21.2. The number of rotatable bonds is 9. The number of carbonyl (C=O) groups excluding carboxylic acids is 2. The average molecular weight is 600 g/mol. The largest absolute Gasteiger partial charge is 0.378 e. The molecule has 2 aromatic heterocycles. The molecule has 2 fully saturated rings. The van der Waals surface area contributed by atoms with Gasteiger partial charge in [-0.2, -0.15) is 0 Å². The van der Waals surface area contributed by atoms with Crippen LogP contribution < -0.4 is 20.7 Å². The highest BCUT2D eigenvalue weighted by Gasteiger charge is 2.31. The van der Waals surface area contributed by atoms with Crippen molar-refractivity contribution >= 4 is 23.3 Å². The first-order valence-corrected chi connectivity index (χ1v) is 15.2. The second-order valence-electron chi connectivity index (χ2n) is 11.4. The van der Waals surface area contributed by atoms with E-state index < -0.39 is 0 Å². The number of aromatic nitrogens is 3. The van der Waals surface area contributed by atoms with E-state index >= 15 is 0 Å². The maximum atomic E-state index is 13.8. The Hall–Kier alpha value is -4.51. The zero-order valence-electron chi connectivity index (χ0n) is 26.0. The van der Waals surface area contributed by atoms with Gasteiger partial charge in [-0.25, -0.2) is 9.97 Å². The van der Waals surface area contributed by atoms with Gasteiger partial charge in [0.2, 0.25) is 5.91 Å². The number of H-pyrrole nitrogens is 1. The lowest BCUT2D eigenvalue weighted by Crippen LogP contribution is -2.39. The van der Waals surface area contributed by atoms with Crippen molar-refractivity contribution in [3.05, 3.63) is 81.5 Å². The highest BCUT2D eigenvalue weighted by molar-refractivity contribution is 5.99. The van der Waals surface area contributed by atoms with E-state index in [4.69, 9.17) is 4.74 Å². The summed E-state index contributed by atoms with van der Waals surface area (Å²) in [6.07, 6.45) is 3.72. The number of aromatic amines is 1. The third kappa shape index (κ3) is 6.52. The van der Waals surface area contributed by atoms with Crippen LogP contribution in [0.25, 0.3) is 11.3 Å². The summed E-state index contributed by atoms with van der Waals surface area (Å²) in [6, 6.07) is 7.87. The Labute approximate surface area is 257 Å². The molecule has 5 rings (SSSR count). The zero-order chi connectivity index (χ0) is 31.4. The predicted molar refractivity (Wildman–Crippen MR) is 171 cm³/mol. The molecule has 0 aliphatic carbocycles. The maximum Gasteiger partial charge on any atom is 0.253 e. The van der Waals surface area contributed by atoms with Crippen molar-refractivity contribution in [2.24, 2.45) is 0 Å². The normalized spacial score (nSPS) is 16.6. The molecule has 3 aromatic rings. The highest BCUT2D eigenvalue weighted by atomic mass is 16.5. The van der Waals surface area contributed by atoms with Crippen LogP contribution in [0.1, 0.15) is 46.1 Å². The lowest BCUT2D eigenvalue weighted by Gasteiger charge is -2.32. The van der Waals surface area contributed by atoms with Crippen molar-refractivity contribution in [3.63, 3.8) is 0 Å². The van der Waals surface area contributed by atoms with Crippen molar-refractivity contribution in [1.29, 1.82) is 0 Å². The van der Waals surface area contributed by atoms with E-state index in [1.54, 1.807) is 6.33 Å². The van der Waals surface area contributed by atoms with Crippen molar-refractivity contribution in [2.75, 3.05) is 55.7 Å². The van der Waals surface area contributed by atoms with Gasteiger partial charge in [-0.1, -0.05) is 6.58 Å². The lowest BCUT2D eigenvalue weighted by atomic mass is 9.98. The Morgan fingerprint density at radius 2 is 1.91 bits per heavy atom. The van der Waals surface area contributed by atoms with Gasteiger partial charge < -0.3 is 29.7 Å². The van der Waals surface area contributed by atoms with Crippen LogP contribution >= 0.6 is 0 Å². The summed E-state index contributed by atoms with van der Waals surface area (Å²) in [5.74, 6) is 0.452. The van der Waals surface area contributed by atoms with Crippen LogP contribution in [-0.4, -0.2) is 83.6 Å². The Kier molecular flexibility index (Phi) is 9.43. The smallest absolute Gasteiger partial charge is 0.253 e. The molecule has 0 spiro atoms. The third-order valence-electron chi connectivity index (χ3n) is 8.57. The molecular formula is C33H41N7O4. The van der Waals surface area contributed by atoms with E-state index in [2.05, 4.69) is 49.6 Å². The molecule has 2 aliphatic heterocycles. The number of carbonyl (C=O) groups is 2. The number of ether oxygens (including phenoxy) is 1. The van der Waals surface area contributed by atoms with Gasteiger partial charge in [-0.15, -0.1) is 0 Å². The zero-order valence-corrected chi connectivity index (χ0v) is 26.0. The van der Waals surface area contributed by atoms with Crippen molar-refractivity contribution in [2.45, 2.75) is 46.7 Å². The van der Waals surface area contributed by atoms with Crippen molar-refractivity contribution in [1.82, 2.24) is 25.2 Å². The number of morpholine rings is 1. The fraction of sp³-hybridized carbons (Fsp3) is 0.424.